The number of aromatic amines is 1. The molecule has 1 amide bonds. The van der Waals surface area contributed by atoms with E-state index in [-0.39, 0.29) is 18.3 Å². The minimum atomic E-state index is -0.656. The molecule has 2 aliphatic rings. The van der Waals surface area contributed by atoms with Crippen LogP contribution < -0.4 is 10.6 Å². The molecule has 29 heavy (non-hydrogen) atoms. The van der Waals surface area contributed by atoms with Gasteiger partial charge in [0, 0.05) is 29.6 Å². The Labute approximate surface area is 174 Å². The van der Waals surface area contributed by atoms with E-state index in [0.717, 1.165) is 30.2 Å². The molecule has 0 unspecified atom stereocenters. The minimum absolute atomic E-state index is 0. The zero-order valence-corrected chi connectivity index (χ0v) is 16.8. The normalized spacial score (nSPS) is 18.1. The Morgan fingerprint density at radius 3 is 2.59 bits per heavy atom. The summed E-state index contributed by atoms with van der Waals surface area (Å²) in [5, 5.41) is 18.1. The van der Waals surface area contributed by atoms with E-state index in [2.05, 4.69) is 30.9 Å². The second-order valence-corrected chi connectivity index (χ2v) is 7.58. The van der Waals surface area contributed by atoms with Crippen LogP contribution in [0.2, 0.25) is 0 Å². The Morgan fingerprint density at radius 1 is 1.17 bits per heavy atom. The van der Waals surface area contributed by atoms with Gasteiger partial charge in [-0.1, -0.05) is 0 Å². The van der Waals surface area contributed by atoms with E-state index in [1.54, 1.807) is 10.9 Å². The summed E-state index contributed by atoms with van der Waals surface area (Å²) in [6.07, 6.45) is 7.38. The van der Waals surface area contributed by atoms with Crippen molar-refractivity contribution >= 4 is 24.0 Å². The highest BCUT2D eigenvalue weighted by Gasteiger charge is 2.42. The van der Waals surface area contributed by atoms with Gasteiger partial charge in [0.05, 0.1) is 0 Å². The van der Waals surface area contributed by atoms with Crippen LogP contribution in [0.3, 0.4) is 0 Å². The van der Waals surface area contributed by atoms with Gasteiger partial charge in [0.1, 0.15) is 11.4 Å². The van der Waals surface area contributed by atoms with Gasteiger partial charge in [-0.3, -0.25) is 14.6 Å². The lowest BCUT2D eigenvalue weighted by atomic mass is 9.87. The molecule has 2 fully saturated rings. The molecule has 9 heteroatoms. The summed E-state index contributed by atoms with van der Waals surface area (Å²) >= 11 is 0. The Hall–Kier alpha value is -2.71. The predicted octanol–water partition coefficient (Wildman–Crippen LogP) is 2.68. The summed E-state index contributed by atoms with van der Waals surface area (Å²) in [4.78, 5) is 17.8. The number of carbonyl (C=O) groups excluding carboxylic acids is 1. The van der Waals surface area contributed by atoms with Gasteiger partial charge in [-0.25, -0.2) is 4.98 Å². The molecule has 0 spiro atoms. The van der Waals surface area contributed by atoms with Gasteiger partial charge < -0.3 is 10.6 Å². The van der Waals surface area contributed by atoms with Gasteiger partial charge in [-0.2, -0.15) is 10.2 Å². The van der Waals surface area contributed by atoms with Crippen molar-refractivity contribution in [1.29, 1.82) is 0 Å². The highest BCUT2D eigenvalue weighted by Crippen LogP contribution is 2.38. The predicted molar refractivity (Wildman–Crippen MR) is 112 cm³/mol. The maximum Gasteiger partial charge on any atom is 0.252 e. The maximum atomic E-state index is 13.2. The first-order valence-corrected chi connectivity index (χ1v) is 9.80. The summed E-state index contributed by atoms with van der Waals surface area (Å²) in [6, 6.07) is 9.55. The van der Waals surface area contributed by atoms with Crippen LogP contribution in [0.15, 0.2) is 42.7 Å². The van der Waals surface area contributed by atoms with Crippen molar-refractivity contribution in [1.82, 2.24) is 30.3 Å². The number of hydrogen-bond donors (Lipinski definition) is 3. The molecule has 1 saturated carbocycles. The topological polar surface area (TPSA) is 101 Å². The monoisotopic (exact) mass is 413 g/mol. The van der Waals surface area contributed by atoms with E-state index >= 15 is 0 Å². The molecular weight excluding hydrogens is 390 g/mol. The van der Waals surface area contributed by atoms with Gasteiger partial charge in [-0.15, -0.1) is 12.4 Å². The average Bonchev–Trinajstić information content (AvgIpc) is 3.22. The van der Waals surface area contributed by atoms with E-state index in [4.69, 9.17) is 0 Å². The van der Waals surface area contributed by atoms with Crippen LogP contribution in [0, 0.1) is 0 Å². The summed E-state index contributed by atoms with van der Waals surface area (Å²) in [6.45, 7) is 1.58. The van der Waals surface area contributed by atoms with Crippen LogP contribution in [0.4, 0.5) is 5.69 Å². The molecule has 1 aliphatic heterocycles. The van der Waals surface area contributed by atoms with Gasteiger partial charge in [0.15, 0.2) is 5.82 Å². The molecule has 8 nitrogen and oxygen atoms in total. The third-order valence-corrected chi connectivity index (χ3v) is 5.66. The number of amides is 1. The number of aromatic nitrogens is 5. The molecule has 1 saturated heterocycles. The molecule has 0 radical (unpaired) electrons. The van der Waals surface area contributed by atoms with E-state index in [0.29, 0.717) is 24.6 Å². The second kappa shape index (κ2) is 7.96. The molecule has 3 heterocycles. The largest absolute Gasteiger partial charge is 0.324 e. The van der Waals surface area contributed by atoms with Crippen molar-refractivity contribution in [2.45, 2.75) is 37.1 Å². The van der Waals surface area contributed by atoms with E-state index in [1.165, 1.54) is 12.8 Å². The van der Waals surface area contributed by atoms with E-state index in [9.17, 15) is 4.79 Å². The summed E-state index contributed by atoms with van der Waals surface area (Å²) in [5.41, 5.74) is 1.04. The molecule has 0 bridgehead atoms. The number of halogens is 1. The van der Waals surface area contributed by atoms with Gasteiger partial charge in [-0.05, 0) is 69.1 Å². The van der Waals surface area contributed by atoms with Crippen molar-refractivity contribution in [2.75, 3.05) is 18.4 Å². The molecule has 152 valence electrons. The third-order valence-electron chi connectivity index (χ3n) is 5.66. The van der Waals surface area contributed by atoms with Gasteiger partial charge in [0.2, 0.25) is 0 Å². The van der Waals surface area contributed by atoms with Crippen molar-refractivity contribution in [3.05, 3.63) is 48.5 Å². The molecule has 0 atom stereocenters. The molecule has 1 aliphatic carbocycles. The Kier molecular flexibility index (Phi) is 5.38. The number of rotatable bonds is 5. The number of nitrogens with zero attached hydrogens (tertiary/aromatic N) is 4. The van der Waals surface area contributed by atoms with Crippen LogP contribution in [-0.2, 0) is 10.3 Å². The molecular formula is C20H24ClN7O. The molecule has 3 aromatic rings. The SMILES string of the molecule is Cl.O=C(Nc1ccc(-c2n[nH]c(C3CC3)n2)cc1)C1(n2cccn2)CCNCC1. The highest BCUT2D eigenvalue weighted by molar-refractivity contribution is 5.97. The smallest absolute Gasteiger partial charge is 0.252 e. The highest BCUT2D eigenvalue weighted by atomic mass is 35.5. The first-order valence-electron chi connectivity index (χ1n) is 9.80. The maximum absolute atomic E-state index is 13.2. The number of benzene rings is 1. The first-order chi connectivity index (χ1) is 13.7. The van der Waals surface area contributed by atoms with E-state index < -0.39 is 5.54 Å². The Balaban J connectivity index is 0.00000205. The lowest BCUT2D eigenvalue weighted by Crippen LogP contribution is -2.52. The summed E-state index contributed by atoms with van der Waals surface area (Å²) in [5.74, 6) is 2.19. The number of hydrogen-bond acceptors (Lipinski definition) is 5. The van der Waals surface area contributed by atoms with Crippen LogP contribution in [0.25, 0.3) is 11.4 Å². The summed E-state index contributed by atoms with van der Waals surface area (Å²) in [7, 11) is 0. The number of H-pyrrole nitrogens is 1. The van der Waals surface area contributed by atoms with E-state index in [1.807, 2.05) is 36.5 Å². The van der Waals surface area contributed by atoms with Gasteiger partial charge >= 0.3 is 0 Å². The zero-order valence-electron chi connectivity index (χ0n) is 16.0. The van der Waals surface area contributed by atoms with Crippen LogP contribution in [0.1, 0.15) is 37.4 Å². The summed E-state index contributed by atoms with van der Waals surface area (Å²) < 4.78 is 1.80. The lowest BCUT2D eigenvalue weighted by Gasteiger charge is -2.36. The quantitative estimate of drug-likeness (QED) is 0.597. The fraction of sp³-hybridized carbons (Fsp3) is 0.400. The van der Waals surface area contributed by atoms with Crippen LogP contribution in [-0.4, -0.2) is 44.0 Å². The van der Waals surface area contributed by atoms with Crippen LogP contribution >= 0.6 is 12.4 Å². The fourth-order valence-corrected chi connectivity index (χ4v) is 3.82. The third kappa shape index (κ3) is 3.77. The number of piperidine rings is 1. The molecule has 2 aromatic heterocycles. The van der Waals surface area contributed by atoms with Crippen molar-refractivity contribution in [3.8, 4) is 11.4 Å². The van der Waals surface area contributed by atoms with Crippen molar-refractivity contribution < 1.29 is 4.79 Å². The number of carbonyl (C=O) groups is 1. The lowest BCUT2D eigenvalue weighted by molar-refractivity contribution is -0.126. The van der Waals surface area contributed by atoms with Crippen LogP contribution in [0.5, 0.6) is 0 Å². The van der Waals surface area contributed by atoms with Crippen molar-refractivity contribution in [2.24, 2.45) is 0 Å². The molecule has 3 N–H and O–H groups in total. The fourth-order valence-electron chi connectivity index (χ4n) is 3.82. The van der Waals surface area contributed by atoms with Crippen molar-refractivity contribution in [3.63, 3.8) is 0 Å². The number of anilines is 1. The second-order valence-electron chi connectivity index (χ2n) is 7.58. The molecule has 5 rings (SSSR count). The first kappa shape index (κ1) is 19.6. The molecule has 1 aromatic carbocycles. The standard InChI is InChI=1S/C20H23N7O.ClH/c28-19(20(8-11-21-12-9-20)27-13-1-10-22-27)23-16-6-4-15(5-7-16)18-24-17(25-26-18)14-2-3-14;/h1,4-7,10,13-14,21H,2-3,8-9,11-12H2,(H,23,28)(H,24,25,26);1H. The average molecular weight is 414 g/mol. The zero-order chi connectivity index (χ0) is 19.0. The number of nitrogens with one attached hydrogen (secondary N) is 3. The van der Waals surface area contributed by atoms with Gasteiger partial charge in [0.25, 0.3) is 5.91 Å². The Bertz CT molecular complexity index is 957. The Morgan fingerprint density at radius 2 is 1.93 bits per heavy atom. The minimum Gasteiger partial charge on any atom is -0.324 e.